The highest BCUT2D eigenvalue weighted by Gasteiger charge is 1.95. The van der Waals surface area contributed by atoms with Crippen molar-refractivity contribution >= 4 is 0 Å². The molecule has 0 saturated heterocycles. The monoisotopic (exact) mass is 457 g/mol. The SMILES string of the molecule is OCCOCCOCCOCCNCCOCCOCCOCCOCCOCCO. The third kappa shape index (κ3) is 29.6. The van der Waals surface area contributed by atoms with Crippen LogP contribution in [0, 0.1) is 0 Å². The highest BCUT2D eigenvalue weighted by Crippen LogP contribution is 1.84. The Morgan fingerprint density at radius 3 is 0.806 bits per heavy atom. The predicted octanol–water partition coefficient (Wildman–Crippen LogP) is -1.31. The molecule has 0 aromatic rings. The summed E-state index contributed by atoms with van der Waals surface area (Å²) in [5, 5.41) is 20.3. The number of rotatable bonds is 28. The summed E-state index contributed by atoms with van der Waals surface area (Å²) in [7, 11) is 0. The number of hydrogen-bond acceptors (Lipinski definition) is 11. The summed E-state index contributed by atoms with van der Waals surface area (Å²) in [6, 6.07) is 0. The molecule has 0 rings (SSSR count). The molecule has 0 amide bonds. The van der Waals surface area contributed by atoms with Crippen molar-refractivity contribution in [1.29, 1.82) is 0 Å². The van der Waals surface area contributed by atoms with Crippen LogP contribution < -0.4 is 5.32 Å². The van der Waals surface area contributed by atoms with Gasteiger partial charge in [0.1, 0.15) is 0 Å². The second-order valence-electron chi connectivity index (χ2n) is 6.10. The molecule has 0 aliphatic rings. The topological polar surface area (TPSA) is 126 Å². The molecule has 0 spiro atoms. The van der Waals surface area contributed by atoms with Gasteiger partial charge in [-0.3, -0.25) is 0 Å². The van der Waals surface area contributed by atoms with Crippen LogP contribution in [0.1, 0.15) is 0 Å². The molecule has 0 atom stereocenters. The van der Waals surface area contributed by atoms with Crippen molar-refractivity contribution < 1.29 is 48.1 Å². The van der Waals surface area contributed by atoms with Gasteiger partial charge in [0.05, 0.1) is 119 Å². The Kier molecular flexibility index (Phi) is 29.1. The van der Waals surface area contributed by atoms with Crippen LogP contribution in [0.15, 0.2) is 0 Å². The van der Waals surface area contributed by atoms with Crippen LogP contribution in [0.3, 0.4) is 0 Å². The van der Waals surface area contributed by atoms with Gasteiger partial charge >= 0.3 is 0 Å². The predicted molar refractivity (Wildman–Crippen MR) is 114 cm³/mol. The Bertz CT molecular complexity index is 288. The van der Waals surface area contributed by atoms with E-state index in [1.54, 1.807) is 0 Å². The summed E-state index contributed by atoms with van der Waals surface area (Å²) in [5.74, 6) is 0. The lowest BCUT2D eigenvalue weighted by Crippen LogP contribution is -2.25. The maximum Gasteiger partial charge on any atom is 0.0701 e. The van der Waals surface area contributed by atoms with Crippen LogP contribution in [-0.2, 0) is 37.9 Å². The molecule has 0 aromatic heterocycles. The molecule has 0 saturated carbocycles. The van der Waals surface area contributed by atoms with Gasteiger partial charge in [-0.05, 0) is 0 Å². The summed E-state index contributed by atoms with van der Waals surface area (Å²) in [4.78, 5) is 0. The van der Waals surface area contributed by atoms with Gasteiger partial charge in [0.25, 0.3) is 0 Å². The minimum atomic E-state index is 0.0309. The van der Waals surface area contributed by atoms with Crippen molar-refractivity contribution in [1.82, 2.24) is 5.32 Å². The largest absolute Gasteiger partial charge is 0.394 e. The molecular formula is C20H43NO10. The van der Waals surface area contributed by atoms with E-state index in [9.17, 15) is 0 Å². The lowest BCUT2D eigenvalue weighted by molar-refractivity contribution is -0.0131. The Morgan fingerprint density at radius 1 is 0.323 bits per heavy atom. The molecule has 0 aromatic carbocycles. The summed E-state index contributed by atoms with van der Waals surface area (Å²) >= 11 is 0. The summed E-state index contributed by atoms with van der Waals surface area (Å²) in [5.41, 5.74) is 0. The van der Waals surface area contributed by atoms with Crippen molar-refractivity contribution in [2.45, 2.75) is 0 Å². The number of aliphatic hydroxyl groups excluding tert-OH is 2. The summed E-state index contributed by atoms with van der Waals surface area (Å²) < 4.78 is 42.5. The van der Waals surface area contributed by atoms with Crippen LogP contribution in [0.4, 0.5) is 0 Å². The minimum absolute atomic E-state index is 0.0309. The standard InChI is InChI=1S/C20H43NO10/c22-3-7-26-11-15-28-13-9-24-5-1-21-2-6-25-10-14-29-17-19-31-20-18-30-16-12-27-8-4-23/h21-23H,1-20H2. The molecule has 11 heteroatoms. The van der Waals surface area contributed by atoms with Gasteiger partial charge in [-0.25, -0.2) is 0 Å². The molecule has 0 bridgehead atoms. The zero-order chi connectivity index (χ0) is 22.5. The normalized spacial score (nSPS) is 11.4. The molecule has 0 aliphatic carbocycles. The minimum Gasteiger partial charge on any atom is -0.394 e. The highest BCUT2D eigenvalue weighted by molar-refractivity contribution is 4.45. The first-order chi connectivity index (χ1) is 15.4. The van der Waals surface area contributed by atoms with Gasteiger partial charge in [0, 0.05) is 13.1 Å². The van der Waals surface area contributed by atoms with E-state index in [1.165, 1.54) is 0 Å². The smallest absolute Gasteiger partial charge is 0.0701 e. The maximum absolute atomic E-state index is 8.54. The van der Waals surface area contributed by atoms with Crippen molar-refractivity contribution in [3.8, 4) is 0 Å². The van der Waals surface area contributed by atoms with Crippen LogP contribution >= 0.6 is 0 Å². The molecule has 0 aliphatic heterocycles. The molecule has 0 unspecified atom stereocenters. The Morgan fingerprint density at radius 2 is 0.548 bits per heavy atom. The van der Waals surface area contributed by atoms with E-state index in [0.717, 1.165) is 13.1 Å². The van der Waals surface area contributed by atoms with Gasteiger partial charge in [-0.1, -0.05) is 0 Å². The number of ether oxygens (including phenoxy) is 8. The fourth-order valence-electron chi connectivity index (χ4n) is 2.07. The third-order valence-electron chi connectivity index (χ3n) is 3.55. The molecule has 0 radical (unpaired) electrons. The Balaban J connectivity index is 2.98. The van der Waals surface area contributed by atoms with Gasteiger partial charge in [-0.2, -0.15) is 0 Å². The van der Waals surface area contributed by atoms with Crippen molar-refractivity contribution in [2.24, 2.45) is 0 Å². The van der Waals surface area contributed by atoms with Gasteiger partial charge in [0.15, 0.2) is 0 Å². The van der Waals surface area contributed by atoms with Crippen LogP contribution in [0.2, 0.25) is 0 Å². The first kappa shape index (κ1) is 30.6. The van der Waals surface area contributed by atoms with E-state index in [1.807, 2.05) is 0 Å². The second-order valence-corrected chi connectivity index (χ2v) is 6.10. The van der Waals surface area contributed by atoms with Gasteiger partial charge in [0.2, 0.25) is 0 Å². The Hall–Kier alpha value is -0.440. The number of nitrogens with one attached hydrogen (secondary N) is 1. The van der Waals surface area contributed by atoms with E-state index in [0.29, 0.717) is 106 Å². The number of aliphatic hydroxyl groups is 2. The highest BCUT2D eigenvalue weighted by atomic mass is 16.6. The fraction of sp³-hybridized carbons (Fsp3) is 1.00. The maximum atomic E-state index is 8.54. The zero-order valence-electron chi connectivity index (χ0n) is 18.8. The molecule has 3 N–H and O–H groups in total. The Labute approximate surface area is 186 Å². The van der Waals surface area contributed by atoms with Crippen molar-refractivity contribution in [3.05, 3.63) is 0 Å². The zero-order valence-corrected chi connectivity index (χ0v) is 18.8. The van der Waals surface area contributed by atoms with Gasteiger partial charge < -0.3 is 53.4 Å². The van der Waals surface area contributed by atoms with E-state index < -0.39 is 0 Å². The van der Waals surface area contributed by atoms with Crippen LogP contribution in [0.25, 0.3) is 0 Å². The molecule has 31 heavy (non-hydrogen) atoms. The van der Waals surface area contributed by atoms with E-state index >= 15 is 0 Å². The third-order valence-corrected chi connectivity index (χ3v) is 3.55. The lowest BCUT2D eigenvalue weighted by atomic mass is 10.6. The molecule has 188 valence electrons. The van der Waals surface area contributed by atoms with E-state index in [4.69, 9.17) is 48.1 Å². The lowest BCUT2D eigenvalue weighted by Gasteiger charge is -2.09. The molecule has 0 fully saturated rings. The van der Waals surface area contributed by atoms with Crippen molar-refractivity contribution in [3.63, 3.8) is 0 Å². The summed E-state index contributed by atoms with van der Waals surface area (Å²) in [6.45, 7) is 9.73. The van der Waals surface area contributed by atoms with Crippen molar-refractivity contribution in [2.75, 3.05) is 132 Å². The summed E-state index contributed by atoms with van der Waals surface area (Å²) in [6.07, 6.45) is 0. The van der Waals surface area contributed by atoms with E-state index in [2.05, 4.69) is 5.32 Å². The average Bonchev–Trinajstić information content (AvgIpc) is 2.78. The fourth-order valence-corrected chi connectivity index (χ4v) is 2.07. The quantitative estimate of drug-likeness (QED) is 0.121. The van der Waals surface area contributed by atoms with Gasteiger partial charge in [-0.15, -0.1) is 0 Å². The molecule has 0 heterocycles. The first-order valence-corrected chi connectivity index (χ1v) is 11.0. The van der Waals surface area contributed by atoms with Crippen LogP contribution in [0.5, 0.6) is 0 Å². The second kappa shape index (κ2) is 29.6. The average molecular weight is 458 g/mol. The first-order valence-electron chi connectivity index (χ1n) is 11.0. The molecule has 11 nitrogen and oxygen atoms in total. The molecular weight excluding hydrogens is 414 g/mol. The van der Waals surface area contributed by atoms with E-state index in [-0.39, 0.29) is 13.2 Å². The number of hydrogen-bond donors (Lipinski definition) is 3. The van der Waals surface area contributed by atoms with Crippen LogP contribution in [-0.4, -0.2) is 142 Å².